The molecule has 1 aromatic rings. The lowest BCUT2D eigenvalue weighted by Gasteiger charge is -2.07. The topological polar surface area (TPSA) is 23.8 Å². The van der Waals surface area contributed by atoms with Crippen LogP contribution in [0.2, 0.25) is 5.02 Å². The predicted molar refractivity (Wildman–Crippen MR) is 50.2 cm³/mol. The van der Waals surface area contributed by atoms with Crippen LogP contribution in [0.5, 0.6) is 0 Å². The molecule has 68 valence electrons. The van der Waals surface area contributed by atoms with Gasteiger partial charge >= 0.3 is 0 Å². The van der Waals surface area contributed by atoms with Crippen molar-refractivity contribution in [2.24, 2.45) is 0 Å². The van der Waals surface area contributed by atoms with Gasteiger partial charge in [-0.25, -0.2) is 4.39 Å². The fourth-order valence-corrected chi connectivity index (χ4v) is 1.38. The maximum atomic E-state index is 13.1. The zero-order valence-corrected chi connectivity index (χ0v) is 8.24. The largest absolute Gasteiger partial charge is 0.207 e. The first-order valence-electron chi connectivity index (χ1n) is 3.89. The number of nitrogens with zero attached hydrogens (tertiary/aromatic N) is 1. The van der Waals surface area contributed by atoms with Crippen LogP contribution >= 0.6 is 11.6 Å². The van der Waals surface area contributed by atoms with Crippen molar-refractivity contribution in [3.05, 3.63) is 33.6 Å². The Balaban J connectivity index is 3.34. The fraction of sp³-hybridized carbons (Fsp3) is 0.300. The van der Waals surface area contributed by atoms with E-state index in [0.717, 1.165) is 5.56 Å². The number of benzene rings is 1. The molecule has 0 aliphatic rings. The standard InChI is InChI=1S/C10H9ClFN/c1-6-8(3-4-13)5-9(12)7(2)10(6)11/h5H,3H2,1-2H3. The molecule has 0 aromatic heterocycles. The third kappa shape index (κ3) is 1.81. The van der Waals surface area contributed by atoms with Gasteiger partial charge in [-0.15, -0.1) is 0 Å². The molecule has 0 spiro atoms. The van der Waals surface area contributed by atoms with Crippen molar-refractivity contribution in [2.45, 2.75) is 20.3 Å². The molecule has 13 heavy (non-hydrogen) atoms. The highest BCUT2D eigenvalue weighted by atomic mass is 35.5. The second-order valence-electron chi connectivity index (χ2n) is 2.92. The summed E-state index contributed by atoms with van der Waals surface area (Å²) in [6.07, 6.45) is 0.197. The smallest absolute Gasteiger partial charge is 0.127 e. The first-order valence-corrected chi connectivity index (χ1v) is 4.26. The summed E-state index contributed by atoms with van der Waals surface area (Å²) in [5.74, 6) is -0.346. The van der Waals surface area contributed by atoms with E-state index in [2.05, 4.69) is 0 Å². The summed E-state index contributed by atoms with van der Waals surface area (Å²) in [6.45, 7) is 3.42. The van der Waals surface area contributed by atoms with Crippen molar-refractivity contribution in [1.29, 1.82) is 5.26 Å². The van der Waals surface area contributed by atoms with E-state index in [1.54, 1.807) is 13.8 Å². The zero-order valence-electron chi connectivity index (χ0n) is 7.49. The van der Waals surface area contributed by atoms with Gasteiger partial charge in [-0.3, -0.25) is 0 Å². The van der Waals surface area contributed by atoms with Gasteiger partial charge in [0.25, 0.3) is 0 Å². The Labute approximate surface area is 81.8 Å². The average molecular weight is 198 g/mol. The Morgan fingerprint density at radius 1 is 1.46 bits per heavy atom. The molecule has 1 nitrogen and oxygen atoms in total. The van der Waals surface area contributed by atoms with E-state index in [0.29, 0.717) is 16.1 Å². The minimum Gasteiger partial charge on any atom is -0.207 e. The Hall–Kier alpha value is -1.07. The number of nitriles is 1. The lowest BCUT2D eigenvalue weighted by Crippen LogP contribution is -1.94. The molecule has 0 aliphatic heterocycles. The third-order valence-corrected chi connectivity index (χ3v) is 2.64. The van der Waals surface area contributed by atoms with E-state index >= 15 is 0 Å². The highest BCUT2D eigenvalue weighted by Gasteiger charge is 2.09. The average Bonchev–Trinajstić information content (AvgIpc) is 2.11. The van der Waals surface area contributed by atoms with Crippen molar-refractivity contribution in [1.82, 2.24) is 0 Å². The normalized spacial score (nSPS) is 9.77. The first kappa shape index (κ1) is 10.0. The van der Waals surface area contributed by atoms with Crippen LogP contribution in [-0.2, 0) is 6.42 Å². The molecule has 0 radical (unpaired) electrons. The molecule has 3 heteroatoms. The summed E-state index contributed by atoms with van der Waals surface area (Å²) in [5.41, 5.74) is 1.90. The summed E-state index contributed by atoms with van der Waals surface area (Å²) in [4.78, 5) is 0. The summed E-state index contributed by atoms with van der Waals surface area (Å²) in [6, 6.07) is 3.35. The third-order valence-electron chi connectivity index (χ3n) is 2.07. The molecule has 0 fully saturated rings. The zero-order chi connectivity index (χ0) is 10.0. The SMILES string of the molecule is Cc1c(F)cc(CC#N)c(C)c1Cl. The van der Waals surface area contributed by atoms with Crippen LogP contribution < -0.4 is 0 Å². The fourth-order valence-electron chi connectivity index (χ4n) is 1.17. The molecule has 0 saturated carbocycles. The molecule has 0 amide bonds. The number of rotatable bonds is 1. The molecule has 0 unspecified atom stereocenters. The molecule has 0 heterocycles. The van der Waals surface area contributed by atoms with Gasteiger partial charge in [-0.2, -0.15) is 5.26 Å². The molecule has 0 aliphatic carbocycles. The Morgan fingerprint density at radius 2 is 2.08 bits per heavy atom. The monoisotopic (exact) mass is 197 g/mol. The van der Waals surface area contributed by atoms with Crippen LogP contribution in [0.1, 0.15) is 16.7 Å². The lowest BCUT2D eigenvalue weighted by molar-refractivity contribution is 0.616. The summed E-state index contributed by atoms with van der Waals surface area (Å²) < 4.78 is 13.1. The number of hydrogen-bond donors (Lipinski definition) is 0. The van der Waals surface area contributed by atoms with Gasteiger partial charge in [-0.1, -0.05) is 11.6 Å². The van der Waals surface area contributed by atoms with E-state index in [9.17, 15) is 4.39 Å². The van der Waals surface area contributed by atoms with Gasteiger partial charge in [0.1, 0.15) is 5.82 Å². The van der Waals surface area contributed by atoms with Gasteiger partial charge in [0.05, 0.1) is 12.5 Å². The minimum atomic E-state index is -0.346. The summed E-state index contributed by atoms with van der Waals surface area (Å²) in [7, 11) is 0. The van der Waals surface area contributed by atoms with Gasteiger partial charge < -0.3 is 0 Å². The van der Waals surface area contributed by atoms with Crippen LogP contribution in [-0.4, -0.2) is 0 Å². The second-order valence-corrected chi connectivity index (χ2v) is 3.29. The van der Waals surface area contributed by atoms with Crippen molar-refractivity contribution in [3.8, 4) is 6.07 Å². The molecule has 0 atom stereocenters. The summed E-state index contributed by atoms with van der Waals surface area (Å²) >= 11 is 5.87. The summed E-state index contributed by atoms with van der Waals surface area (Å²) in [5, 5.41) is 8.90. The number of hydrogen-bond acceptors (Lipinski definition) is 1. The lowest BCUT2D eigenvalue weighted by atomic mass is 10.0. The van der Waals surface area contributed by atoms with E-state index in [1.807, 2.05) is 6.07 Å². The van der Waals surface area contributed by atoms with Crippen LogP contribution in [0.4, 0.5) is 4.39 Å². The Morgan fingerprint density at radius 3 is 2.62 bits per heavy atom. The Bertz CT molecular complexity index is 379. The molecule has 1 aromatic carbocycles. The predicted octanol–water partition coefficient (Wildman–Crippen LogP) is 3.16. The van der Waals surface area contributed by atoms with E-state index < -0.39 is 0 Å². The van der Waals surface area contributed by atoms with Crippen LogP contribution in [0, 0.1) is 31.0 Å². The minimum absolute atomic E-state index is 0.197. The van der Waals surface area contributed by atoms with Crippen LogP contribution in [0.15, 0.2) is 6.07 Å². The first-order chi connectivity index (χ1) is 6.07. The molecule has 0 saturated heterocycles. The van der Waals surface area contributed by atoms with E-state index in [4.69, 9.17) is 16.9 Å². The van der Waals surface area contributed by atoms with Gasteiger partial charge in [-0.05, 0) is 31.0 Å². The van der Waals surface area contributed by atoms with Crippen LogP contribution in [0.25, 0.3) is 0 Å². The van der Waals surface area contributed by atoms with E-state index in [1.165, 1.54) is 6.07 Å². The van der Waals surface area contributed by atoms with E-state index in [-0.39, 0.29) is 12.2 Å². The quantitative estimate of drug-likeness (QED) is 0.679. The molecule has 0 bridgehead atoms. The molecular weight excluding hydrogens is 189 g/mol. The van der Waals surface area contributed by atoms with Crippen molar-refractivity contribution in [2.75, 3.05) is 0 Å². The van der Waals surface area contributed by atoms with Gasteiger partial charge in [0.2, 0.25) is 0 Å². The van der Waals surface area contributed by atoms with Gasteiger partial charge in [0.15, 0.2) is 0 Å². The molecule has 0 N–H and O–H groups in total. The Kier molecular flexibility index (Phi) is 2.90. The maximum absolute atomic E-state index is 13.1. The second kappa shape index (κ2) is 3.76. The molecule has 1 rings (SSSR count). The van der Waals surface area contributed by atoms with Crippen molar-refractivity contribution >= 4 is 11.6 Å². The van der Waals surface area contributed by atoms with Crippen molar-refractivity contribution in [3.63, 3.8) is 0 Å². The molecular formula is C10H9ClFN. The number of halogens is 2. The highest BCUT2D eigenvalue weighted by molar-refractivity contribution is 6.32. The van der Waals surface area contributed by atoms with Crippen molar-refractivity contribution < 1.29 is 4.39 Å². The van der Waals surface area contributed by atoms with Gasteiger partial charge in [0, 0.05) is 10.6 Å². The van der Waals surface area contributed by atoms with Crippen LogP contribution in [0.3, 0.4) is 0 Å². The highest BCUT2D eigenvalue weighted by Crippen LogP contribution is 2.26. The maximum Gasteiger partial charge on any atom is 0.127 e.